The van der Waals surface area contributed by atoms with Crippen LogP contribution in [-0.4, -0.2) is 49.4 Å². The lowest BCUT2D eigenvalue weighted by atomic mass is 9.97. The zero-order chi connectivity index (χ0) is 24.1. The van der Waals surface area contributed by atoms with Crippen LogP contribution >= 0.6 is 45.8 Å². The fourth-order valence-corrected chi connectivity index (χ4v) is 5.29. The number of aliphatic hydroxyl groups excluding tert-OH is 1. The van der Waals surface area contributed by atoms with Crippen LogP contribution < -0.4 is 9.64 Å². The van der Waals surface area contributed by atoms with Gasteiger partial charge in [0.05, 0.1) is 23.4 Å². The van der Waals surface area contributed by atoms with Crippen LogP contribution in [0.1, 0.15) is 30.0 Å². The van der Waals surface area contributed by atoms with Gasteiger partial charge in [-0.1, -0.05) is 54.4 Å². The first kappa shape index (κ1) is 25.6. The summed E-state index contributed by atoms with van der Waals surface area (Å²) in [6.45, 7) is 6.24. The highest BCUT2D eigenvalue weighted by atomic mass is 127. The van der Waals surface area contributed by atoms with Gasteiger partial charge in [-0.2, -0.15) is 0 Å². The summed E-state index contributed by atoms with van der Waals surface area (Å²) in [7, 11) is 0. The Morgan fingerprint density at radius 1 is 1.03 bits per heavy atom. The van der Waals surface area contributed by atoms with Gasteiger partial charge >= 0.3 is 0 Å². The lowest BCUT2D eigenvalue weighted by Crippen LogP contribution is -2.49. The Morgan fingerprint density at radius 3 is 2.44 bits per heavy atom. The molecule has 4 rings (SSSR count). The second kappa shape index (κ2) is 12.0. The molecule has 0 saturated carbocycles. The van der Waals surface area contributed by atoms with Gasteiger partial charge in [0.1, 0.15) is 12.4 Å². The van der Waals surface area contributed by atoms with E-state index >= 15 is 0 Å². The summed E-state index contributed by atoms with van der Waals surface area (Å²) in [4.78, 5) is 4.93. The van der Waals surface area contributed by atoms with Gasteiger partial charge in [-0.3, -0.25) is 4.90 Å². The van der Waals surface area contributed by atoms with E-state index in [0.717, 1.165) is 36.9 Å². The van der Waals surface area contributed by atoms with E-state index in [1.165, 1.54) is 14.7 Å². The molecule has 0 radical (unpaired) electrons. The monoisotopic (exact) mass is 610 g/mol. The van der Waals surface area contributed by atoms with Crippen molar-refractivity contribution in [1.29, 1.82) is 0 Å². The van der Waals surface area contributed by atoms with Gasteiger partial charge in [-0.25, -0.2) is 0 Å². The van der Waals surface area contributed by atoms with Crippen molar-refractivity contribution in [1.82, 2.24) is 4.90 Å². The van der Waals surface area contributed by atoms with Crippen molar-refractivity contribution < 1.29 is 9.84 Å². The van der Waals surface area contributed by atoms with Crippen LogP contribution in [0.2, 0.25) is 10.0 Å². The summed E-state index contributed by atoms with van der Waals surface area (Å²) < 4.78 is 6.80. The zero-order valence-corrected chi connectivity index (χ0v) is 22.8. The van der Waals surface area contributed by atoms with E-state index in [1.54, 1.807) is 0 Å². The van der Waals surface area contributed by atoms with Crippen molar-refractivity contribution in [2.24, 2.45) is 0 Å². The molecule has 7 heteroatoms. The molecule has 4 nitrogen and oxygen atoms in total. The minimum atomic E-state index is -0.0272. The lowest BCUT2D eigenvalue weighted by molar-refractivity contribution is 0.201. The van der Waals surface area contributed by atoms with Crippen molar-refractivity contribution >= 4 is 51.5 Å². The molecule has 1 heterocycles. The molecule has 180 valence electrons. The molecule has 0 amide bonds. The predicted octanol–water partition coefficient (Wildman–Crippen LogP) is 6.64. The number of aliphatic hydroxyl groups is 1. The van der Waals surface area contributed by atoms with E-state index in [4.69, 9.17) is 33.0 Å². The Bertz CT molecular complexity index is 1080. The molecule has 1 aliphatic rings. The number of hydrogen-bond donors (Lipinski definition) is 1. The highest BCUT2D eigenvalue weighted by Crippen LogP contribution is 2.37. The quantitative estimate of drug-likeness (QED) is 0.290. The molecule has 1 fully saturated rings. The number of hydrogen-bond acceptors (Lipinski definition) is 4. The summed E-state index contributed by atoms with van der Waals surface area (Å²) in [5, 5.41) is 10.4. The third-order valence-corrected chi connectivity index (χ3v) is 7.55. The van der Waals surface area contributed by atoms with Crippen molar-refractivity contribution in [3.63, 3.8) is 0 Å². The van der Waals surface area contributed by atoms with E-state index in [-0.39, 0.29) is 19.3 Å². The molecular formula is C27H29Cl2IN2O2. The van der Waals surface area contributed by atoms with Gasteiger partial charge in [0.15, 0.2) is 0 Å². The minimum Gasteiger partial charge on any atom is -0.491 e. The summed E-state index contributed by atoms with van der Waals surface area (Å²) >= 11 is 15.3. The van der Waals surface area contributed by atoms with Crippen molar-refractivity contribution in [2.75, 3.05) is 44.3 Å². The third kappa shape index (κ3) is 6.38. The summed E-state index contributed by atoms with van der Waals surface area (Å²) in [6, 6.07) is 22.9. The Morgan fingerprint density at radius 2 is 1.76 bits per heavy atom. The average molecular weight is 611 g/mol. The Kier molecular flexibility index (Phi) is 8.99. The van der Waals surface area contributed by atoms with Crippen LogP contribution in [0.4, 0.5) is 5.69 Å². The fourth-order valence-electron chi connectivity index (χ4n) is 4.52. The van der Waals surface area contributed by atoms with E-state index in [2.05, 4.69) is 75.7 Å². The fraction of sp³-hybridized carbons (Fsp3) is 0.333. The Hall–Kier alpha value is -1.51. The molecular weight excluding hydrogens is 582 g/mol. The first-order valence-electron chi connectivity index (χ1n) is 11.5. The van der Waals surface area contributed by atoms with Gasteiger partial charge in [-0.05, 0) is 76.0 Å². The predicted molar refractivity (Wildman–Crippen MR) is 150 cm³/mol. The first-order chi connectivity index (χ1) is 16.4. The molecule has 1 saturated heterocycles. The maximum absolute atomic E-state index is 9.03. The smallest absolute Gasteiger partial charge is 0.121 e. The van der Waals surface area contributed by atoms with Crippen LogP contribution in [-0.2, 0) is 0 Å². The minimum absolute atomic E-state index is 0.0272. The van der Waals surface area contributed by atoms with E-state index < -0.39 is 0 Å². The normalized spacial score (nSPS) is 17.6. The highest BCUT2D eigenvalue weighted by molar-refractivity contribution is 14.1. The molecule has 34 heavy (non-hydrogen) atoms. The SMILES string of the molecule is C[C@@H](CN1CCN(c2ccc(OCCO)cc2Cl)[C@H](c2ccc(Cl)cc2)C1)c1ccc(I)cc1. The number of ether oxygens (including phenoxy) is 1. The third-order valence-electron chi connectivity index (χ3n) is 6.28. The summed E-state index contributed by atoms with van der Waals surface area (Å²) in [5.41, 5.74) is 3.57. The van der Waals surface area contributed by atoms with Gasteiger partial charge in [0.2, 0.25) is 0 Å². The highest BCUT2D eigenvalue weighted by Gasteiger charge is 2.30. The van der Waals surface area contributed by atoms with Gasteiger partial charge in [-0.15, -0.1) is 0 Å². The number of halogens is 3. The summed E-state index contributed by atoms with van der Waals surface area (Å²) in [6.07, 6.45) is 0. The molecule has 1 aliphatic heterocycles. The van der Waals surface area contributed by atoms with Crippen LogP contribution in [0.15, 0.2) is 66.7 Å². The van der Waals surface area contributed by atoms with Crippen molar-refractivity contribution in [2.45, 2.75) is 18.9 Å². The number of benzene rings is 3. The van der Waals surface area contributed by atoms with Gasteiger partial charge in [0.25, 0.3) is 0 Å². The standard InChI is InChI=1S/C27H29Cl2IN2O2/c1-19(20-4-8-23(30)9-5-20)17-31-12-13-32(27(18-31)21-2-6-22(28)7-3-21)26-11-10-24(16-25(26)29)34-15-14-33/h2-11,16,19,27,33H,12-15,17-18H2,1H3/t19-,27-/m0/s1. The van der Waals surface area contributed by atoms with Gasteiger partial charge < -0.3 is 14.7 Å². The average Bonchev–Trinajstić information content (AvgIpc) is 2.84. The number of rotatable bonds is 8. The van der Waals surface area contributed by atoms with Crippen LogP contribution in [0.25, 0.3) is 0 Å². The van der Waals surface area contributed by atoms with Crippen LogP contribution in [0, 0.1) is 3.57 Å². The molecule has 0 unspecified atom stereocenters. The maximum Gasteiger partial charge on any atom is 0.121 e. The topological polar surface area (TPSA) is 35.9 Å². The molecule has 3 aromatic rings. The Balaban J connectivity index is 1.55. The van der Waals surface area contributed by atoms with Crippen LogP contribution in [0.5, 0.6) is 5.75 Å². The number of piperazine rings is 1. The number of anilines is 1. The van der Waals surface area contributed by atoms with Crippen LogP contribution in [0.3, 0.4) is 0 Å². The molecule has 2 atom stereocenters. The van der Waals surface area contributed by atoms with E-state index in [9.17, 15) is 0 Å². The maximum atomic E-state index is 9.03. The molecule has 0 bridgehead atoms. The zero-order valence-electron chi connectivity index (χ0n) is 19.1. The van der Waals surface area contributed by atoms with Gasteiger partial charge in [0, 0.05) is 40.8 Å². The lowest BCUT2D eigenvalue weighted by Gasteiger charge is -2.44. The number of nitrogens with zero attached hydrogens (tertiary/aromatic N) is 2. The van der Waals surface area contributed by atoms with E-state index in [0.29, 0.717) is 16.7 Å². The molecule has 0 aromatic heterocycles. The molecule has 0 aliphatic carbocycles. The second-order valence-corrected chi connectivity index (χ2v) is 10.7. The molecule has 1 N–H and O–H groups in total. The first-order valence-corrected chi connectivity index (χ1v) is 13.3. The second-order valence-electron chi connectivity index (χ2n) is 8.66. The largest absolute Gasteiger partial charge is 0.491 e. The molecule has 3 aromatic carbocycles. The Labute approximate surface area is 225 Å². The molecule has 0 spiro atoms. The van der Waals surface area contributed by atoms with Crippen molar-refractivity contribution in [3.8, 4) is 5.75 Å². The van der Waals surface area contributed by atoms with E-state index in [1.807, 2.05) is 30.3 Å². The van der Waals surface area contributed by atoms with Crippen molar-refractivity contribution in [3.05, 3.63) is 91.5 Å². The summed E-state index contributed by atoms with van der Waals surface area (Å²) in [5.74, 6) is 1.11.